The number of rotatable bonds is 5. The highest BCUT2D eigenvalue weighted by Gasteiger charge is 2.15. The van der Waals surface area contributed by atoms with E-state index >= 15 is 0 Å². The third kappa shape index (κ3) is 3.18. The van der Waals surface area contributed by atoms with Crippen LogP contribution >= 0.6 is 11.3 Å². The number of benzene rings is 1. The maximum atomic E-state index is 11.7. The lowest BCUT2D eigenvalue weighted by Crippen LogP contribution is -2.15. The molecule has 0 saturated heterocycles. The molecule has 0 radical (unpaired) electrons. The minimum absolute atomic E-state index is 0.0252. The van der Waals surface area contributed by atoms with Crippen molar-refractivity contribution >= 4 is 17.3 Å². The molecule has 94 valence electrons. The quantitative estimate of drug-likeness (QED) is 0.843. The number of carbonyl (C=O) groups excluding carboxylic acids is 1. The molecular formula is C14H14O3S. The van der Waals surface area contributed by atoms with E-state index in [1.165, 1.54) is 0 Å². The Kier molecular flexibility index (Phi) is 4.50. The first-order valence-corrected chi connectivity index (χ1v) is 6.55. The van der Waals surface area contributed by atoms with Gasteiger partial charge in [-0.1, -0.05) is 24.3 Å². The topological polar surface area (TPSA) is 46.5 Å². The number of esters is 1. The van der Waals surface area contributed by atoms with Crippen LogP contribution in [0.3, 0.4) is 0 Å². The Balaban J connectivity index is 1.93. The van der Waals surface area contributed by atoms with E-state index in [1.807, 2.05) is 23.6 Å². The van der Waals surface area contributed by atoms with Crippen molar-refractivity contribution in [3.8, 4) is 0 Å². The van der Waals surface area contributed by atoms with Crippen molar-refractivity contribution < 1.29 is 14.6 Å². The van der Waals surface area contributed by atoms with Crippen molar-refractivity contribution in [2.75, 3.05) is 13.2 Å². The molecule has 0 aliphatic rings. The van der Waals surface area contributed by atoms with E-state index in [1.54, 1.807) is 35.6 Å². The van der Waals surface area contributed by atoms with Gasteiger partial charge < -0.3 is 9.84 Å². The van der Waals surface area contributed by atoms with Gasteiger partial charge in [-0.15, -0.1) is 11.3 Å². The molecule has 18 heavy (non-hydrogen) atoms. The van der Waals surface area contributed by atoms with E-state index in [9.17, 15) is 9.90 Å². The van der Waals surface area contributed by atoms with Crippen molar-refractivity contribution in [2.24, 2.45) is 0 Å². The summed E-state index contributed by atoms with van der Waals surface area (Å²) >= 11 is 1.55. The Morgan fingerprint density at radius 1 is 1.22 bits per heavy atom. The fourth-order valence-corrected chi connectivity index (χ4v) is 2.39. The van der Waals surface area contributed by atoms with E-state index in [2.05, 4.69) is 0 Å². The van der Waals surface area contributed by atoms with E-state index in [-0.39, 0.29) is 25.1 Å². The molecule has 0 saturated carbocycles. The molecule has 1 heterocycles. The van der Waals surface area contributed by atoms with Gasteiger partial charge in [0.1, 0.15) is 6.61 Å². The van der Waals surface area contributed by atoms with Crippen LogP contribution in [0.5, 0.6) is 0 Å². The molecule has 0 aliphatic heterocycles. The molecule has 0 unspecified atom stereocenters. The summed E-state index contributed by atoms with van der Waals surface area (Å²) in [4.78, 5) is 12.8. The van der Waals surface area contributed by atoms with Crippen molar-refractivity contribution in [1.29, 1.82) is 0 Å². The standard InChI is InChI=1S/C14H14O3S/c15-9-12(13-7-4-8-18-13)10-17-14(16)11-5-2-1-3-6-11/h1-8,12,15H,9-10H2/t12-/m1/s1. The first kappa shape index (κ1) is 12.8. The monoisotopic (exact) mass is 262 g/mol. The van der Waals surface area contributed by atoms with Crippen molar-refractivity contribution in [3.05, 3.63) is 58.3 Å². The zero-order valence-corrected chi connectivity index (χ0v) is 10.6. The summed E-state index contributed by atoms with van der Waals surface area (Å²) in [5.74, 6) is -0.497. The molecule has 0 spiro atoms. The molecule has 0 bridgehead atoms. The number of hydrogen-bond acceptors (Lipinski definition) is 4. The van der Waals surface area contributed by atoms with Gasteiger partial charge in [0.15, 0.2) is 0 Å². The summed E-state index contributed by atoms with van der Waals surface area (Å²) in [6.07, 6.45) is 0. The second kappa shape index (κ2) is 6.33. The van der Waals surface area contributed by atoms with E-state index < -0.39 is 0 Å². The summed E-state index contributed by atoms with van der Waals surface area (Å²) in [6, 6.07) is 12.7. The van der Waals surface area contributed by atoms with Crippen LogP contribution in [0.1, 0.15) is 21.2 Å². The van der Waals surface area contributed by atoms with Crippen LogP contribution in [0.2, 0.25) is 0 Å². The molecule has 1 atom stereocenters. The minimum Gasteiger partial charge on any atom is -0.461 e. The fraction of sp³-hybridized carbons (Fsp3) is 0.214. The van der Waals surface area contributed by atoms with Crippen LogP contribution in [-0.2, 0) is 4.74 Å². The molecule has 0 aliphatic carbocycles. The van der Waals surface area contributed by atoms with E-state index in [4.69, 9.17) is 4.74 Å². The number of carbonyl (C=O) groups is 1. The van der Waals surface area contributed by atoms with Gasteiger partial charge in [-0.2, -0.15) is 0 Å². The Bertz CT molecular complexity index is 479. The summed E-state index contributed by atoms with van der Waals surface area (Å²) < 4.78 is 5.21. The van der Waals surface area contributed by atoms with Gasteiger partial charge in [0.25, 0.3) is 0 Å². The van der Waals surface area contributed by atoms with Gasteiger partial charge in [0.05, 0.1) is 18.1 Å². The highest BCUT2D eigenvalue weighted by Crippen LogP contribution is 2.21. The molecule has 1 aromatic carbocycles. The van der Waals surface area contributed by atoms with Crippen LogP contribution in [0.15, 0.2) is 47.8 Å². The number of aliphatic hydroxyl groups is 1. The molecule has 3 nitrogen and oxygen atoms in total. The number of aliphatic hydroxyl groups excluding tert-OH is 1. The first-order valence-electron chi connectivity index (χ1n) is 5.67. The average molecular weight is 262 g/mol. The largest absolute Gasteiger partial charge is 0.461 e. The van der Waals surface area contributed by atoms with E-state index in [0.717, 1.165) is 4.88 Å². The Hall–Kier alpha value is -1.65. The highest BCUT2D eigenvalue weighted by atomic mass is 32.1. The van der Waals surface area contributed by atoms with Gasteiger partial charge >= 0.3 is 5.97 Å². The lowest BCUT2D eigenvalue weighted by atomic mass is 10.1. The average Bonchev–Trinajstić information content (AvgIpc) is 2.94. The third-order valence-corrected chi connectivity index (χ3v) is 3.63. The molecule has 2 rings (SSSR count). The third-order valence-electron chi connectivity index (χ3n) is 2.59. The zero-order chi connectivity index (χ0) is 12.8. The molecule has 2 aromatic rings. The Morgan fingerprint density at radius 2 is 2.00 bits per heavy atom. The van der Waals surface area contributed by atoms with Crippen LogP contribution in [0.4, 0.5) is 0 Å². The Morgan fingerprint density at radius 3 is 2.61 bits per heavy atom. The summed E-state index contributed by atoms with van der Waals surface area (Å²) in [5.41, 5.74) is 0.528. The predicted octanol–water partition coefficient (Wildman–Crippen LogP) is 2.68. The fourth-order valence-electron chi connectivity index (χ4n) is 1.58. The van der Waals surface area contributed by atoms with Crippen LogP contribution in [0, 0.1) is 0 Å². The number of ether oxygens (including phenoxy) is 1. The van der Waals surface area contributed by atoms with Crippen molar-refractivity contribution in [1.82, 2.24) is 0 Å². The number of thiophene rings is 1. The summed E-state index contributed by atoms with van der Waals surface area (Å²) in [5, 5.41) is 11.2. The lowest BCUT2D eigenvalue weighted by Gasteiger charge is -2.12. The second-order valence-electron chi connectivity index (χ2n) is 3.86. The zero-order valence-electron chi connectivity index (χ0n) is 9.78. The van der Waals surface area contributed by atoms with E-state index in [0.29, 0.717) is 5.56 Å². The van der Waals surface area contributed by atoms with Crippen molar-refractivity contribution in [2.45, 2.75) is 5.92 Å². The Labute approximate surface area is 110 Å². The molecule has 0 amide bonds. The normalized spacial score (nSPS) is 12.1. The van der Waals surface area contributed by atoms with Gasteiger partial charge in [-0.25, -0.2) is 4.79 Å². The molecule has 0 fully saturated rings. The SMILES string of the molecule is O=C(OC[C@@H](CO)c1cccs1)c1ccccc1. The molecule has 1 N–H and O–H groups in total. The van der Waals surface area contributed by atoms with Crippen molar-refractivity contribution in [3.63, 3.8) is 0 Å². The lowest BCUT2D eigenvalue weighted by molar-refractivity contribution is 0.0452. The van der Waals surface area contributed by atoms with Gasteiger partial charge in [0, 0.05) is 4.88 Å². The number of hydrogen-bond donors (Lipinski definition) is 1. The van der Waals surface area contributed by atoms with Gasteiger partial charge in [0.2, 0.25) is 0 Å². The maximum absolute atomic E-state index is 11.7. The summed E-state index contributed by atoms with van der Waals surface area (Å²) in [7, 11) is 0. The molecule has 1 aromatic heterocycles. The maximum Gasteiger partial charge on any atom is 0.338 e. The predicted molar refractivity (Wildman–Crippen MR) is 70.9 cm³/mol. The second-order valence-corrected chi connectivity index (χ2v) is 4.84. The smallest absolute Gasteiger partial charge is 0.338 e. The molecule has 4 heteroatoms. The minimum atomic E-state index is -0.356. The van der Waals surface area contributed by atoms with Crippen LogP contribution in [-0.4, -0.2) is 24.3 Å². The van der Waals surface area contributed by atoms with Gasteiger partial charge in [-0.05, 0) is 23.6 Å². The highest BCUT2D eigenvalue weighted by molar-refractivity contribution is 7.10. The van der Waals surface area contributed by atoms with Gasteiger partial charge in [-0.3, -0.25) is 0 Å². The summed E-state index contributed by atoms with van der Waals surface area (Å²) in [6.45, 7) is 0.174. The van der Waals surface area contributed by atoms with Crippen LogP contribution < -0.4 is 0 Å². The molecular weight excluding hydrogens is 248 g/mol. The first-order chi connectivity index (χ1) is 8.81. The van der Waals surface area contributed by atoms with Crippen LogP contribution in [0.25, 0.3) is 0 Å².